The van der Waals surface area contributed by atoms with Crippen LogP contribution in [0.3, 0.4) is 0 Å². The van der Waals surface area contributed by atoms with Crippen LogP contribution in [0.2, 0.25) is 0 Å². The zero-order valence-corrected chi connectivity index (χ0v) is 43.6. The zero-order valence-electron chi connectivity index (χ0n) is 43.6. The summed E-state index contributed by atoms with van der Waals surface area (Å²) in [5, 5.41) is 0. The molecule has 0 aromatic rings. The molecule has 0 aliphatic carbocycles. The molecule has 0 amide bonds. The molecule has 0 aliphatic rings. The van der Waals surface area contributed by atoms with E-state index in [1.807, 2.05) is 0 Å². The second-order valence-electron chi connectivity index (χ2n) is 19.5. The van der Waals surface area contributed by atoms with Crippen LogP contribution in [0.4, 0.5) is 0 Å². The summed E-state index contributed by atoms with van der Waals surface area (Å²) in [6, 6.07) is 0. The average Bonchev–Trinajstić information content (AvgIpc) is 3.30. The standard InChI is InChI=1S/C59H112O5/c1-4-7-10-13-16-19-22-25-27-29-30-31-32-35-37-40-43-46-49-52-58(60)63-56-57(64-59(61)53-50-47-44-41-38-34-24-21-18-15-12-9-6-3)55-62-54-51-48-45-42-39-36-33-28-26-23-20-17-14-11-8-5-2/h21,24-25,27,57H,4-20,22-23,26,28-56H2,1-3H3/b24-21-,27-25-/t57-/m1/s1. The van der Waals surface area contributed by atoms with Gasteiger partial charge in [0, 0.05) is 19.4 Å². The average molecular weight is 902 g/mol. The van der Waals surface area contributed by atoms with Crippen LogP contribution in [0.5, 0.6) is 0 Å². The summed E-state index contributed by atoms with van der Waals surface area (Å²) in [4.78, 5) is 25.5. The molecule has 0 saturated heterocycles. The van der Waals surface area contributed by atoms with Crippen molar-refractivity contribution in [2.24, 2.45) is 0 Å². The Labute approximate surface area is 400 Å². The fourth-order valence-corrected chi connectivity index (χ4v) is 8.62. The summed E-state index contributed by atoms with van der Waals surface area (Å²) in [7, 11) is 0. The summed E-state index contributed by atoms with van der Waals surface area (Å²) in [6.07, 6.45) is 66.2. The molecule has 0 rings (SSSR count). The van der Waals surface area contributed by atoms with E-state index < -0.39 is 6.10 Å². The van der Waals surface area contributed by atoms with E-state index in [4.69, 9.17) is 14.2 Å². The van der Waals surface area contributed by atoms with Gasteiger partial charge in [-0.1, -0.05) is 257 Å². The van der Waals surface area contributed by atoms with Gasteiger partial charge in [0.25, 0.3) is 0 Å². The van der Waals surface area contributed by atoms with Crippen molar-refractivity contribution in [3.05, 3.63) is 24.3 Å². The van der Waals surface area contributed by atoms with Crippen LogP contribution >= 0.6 is 0 Å². The fraction of sp³-hybridized carbons (Fsp3) is 0.898. The molecule has 1 atom stereocenters. The van der Waals surface area contributed by atoms with E-state index in [9.17, 15) is 9.59 Å². The van der Waals surface area contributed by atoms with E-state index in [-0.39, 0.29) is 18.5 Å². The molecule has 0 aromatic carbocycles. The summed E-state index contributed by atoms with van der Waals surface area (Å²) in [5.74, 6) is -0.389. The Bertz CT molecular complexity index is 974. The van der Waals surface area contributed by atoms with Crippen molar-refractivity contribution < 1.29 is 23.8 Å². The topological polar surface area (TPSA) is 61.8 Å². The van der Waals surface area contributed by atoms with Crippen LogP contribution in [0.1, 0.15) is 316 Å². The third-order valence-electron chi connectivity index (χ3n) is 13.0. The van der Waals surface area contributed by atoms with Crippen LogP contribution in [0.25, 0.3) is 0 Å². The Morgan fingerprint density at radius 3 is 0.969 bits per heavy atom. The van der Waals surface area contributed by atoms with Crippen LogP contribution < -0.4 is 0 Å². The summed E-state index contributed by atoms with van der Waals surface area (Å²) >= 11 is 0. The van der Waals surface area contributed by atoms with Gasteiger partial charge in [-0.25, -0.2) is 0 Å². The third-order valence-corrected chi connectivity index (χ3v) is 13.0. The quantitative estimate of drug-likeness (QED) is 0.0346. The maximum atomic E-state index is 12.8. The molecule has 0 N–H and O–H groups in total. The second-order valence-corrected chi connectivity index (χ2v) is 19.5. The van der Waals surface area contributed by atoms with E-state index in [0.717, 1.165) is 44.9 Å². The molecule has 0 heterocycles. The minimum Gasteiger partial charge on any atom is -0.462 e. The summed E-state index contributed by atoms with van der Waals surface area (Å²) in [6.45, 7) is 7.87. The first kappa shape index (κ1) is 62.4. The highest BCUT2D eigenvalue weighted by Gasteiger charge is 2.17. The number of rotatable bonds is 54. The smallest absolute Gasteiger partial charge is 0.306 e. The molecular weight excluding hydrogens is 789 g/mol. The van der Waals surface area contributed by atoms with Crippen LogP contribution in [-0.4, -0.2) is 37.9 Å². The lowest BCUT2D eigenvalue weighted by molar-refractivity contribution is -0.163. The minimum atomic E-state index is -0.535. The van der Waals surface area contributed by atoms with Crippen LogP contribution in [-0.2, 0) is 23.8 Å². The summed E-state index contributed by atoms with van der Waals surface area (Å²) < 4.78 is 17.5. The monoisotopic (exact) mass is 901 g/mol. The van der Waals surface area contributed by atoms with Gasteiger partial charge in [-0.15, -0.1) is 0 Å². The van der Waals surface area contributed by atoms with Gasteiger partial charge < -0.3 is 14.2 Å². The lowest BCUT2D eigenvalue weighted by atomic mass is 10.0. The van der Waals surface area contributed by atoms with Crippen LogP contribution in [0, 0.1) is 0 Å². The van der Waals surface area contributed by atoms with E-state index in [0.29, 0.717) is 26.1 Å². The molecular formula is C59H112O5. The maximum Gasteiger partial charge on any atom is 0.306 e. The molecule has 64 heavy (non-hydrogen) atoms. The van der Waals surface area contributed by atoms with Crippen molar-refractivity contribution in [1.82, 2.24) is 0 Å². The number of ether oxygens (including phenoxy) is 3. The van der Waals surface area contributed by atoms with Crippen LogP contribution in [0.15, 0.2) is 24.3 Å². The number of carbonyl (C=O) groups excluding carboxylic acids is 2. The number of unbranched alkanes of at least 4 members (excludes halogenated alkanes) is 39. The Morgan fingerprint density at radius 1 is 0.328 bits per heavy atom. The van der Waals surface area contributed by atoms with Gasteiger partial charge >= 0.3 is 11.9 Å². The normalized spacial score (nSPS) is 12.2. The number of hydrogen-bond donors (Lipinski definition) is 0. The molecule has 5 nitrogen and oxygen atoms in total. The highest BCUT2D eigenvalue weighted by atomic mass is 16.6. The number of allylic oxidation sites excluding steroid dienone is 4. The lowest BCUT2D eigenvalue weighted by Gasteiger charge is -2.18. The van der Waals surface area contributed by atoms with Crippen molar-refractivity contribution in [3.63, 3.8) is 0 Å². The van der Waals surface area contributed by atoms with Gasteiger partial charge in [0.1, 0.15) is 6.61 Å². The van der Waals surface area contributed by atoms with Gasteiger partial charge in [-0.3, -0.25) is 9.59 Å². The summed E-state index contributed by atoms with van der Waals surface area (Å²) in [5.41, 5.74) is 0. The largest absolute Gasteiger partial charge is 0.462 e. The molecule has 0 bridgehead atoms. The molecule has 0 aromatic heterocycles. The van der Waals surface area contributed by atoms with E-state index in [1.165, 1.54) is 238 Å². The molecule has 0 aliphatic heterocycles. The molecule has 0 unspecified atom stereocenters. The highest BCUT2D eigenvalue weighted by molar-refractivity contribution is 5.70. The molecule has 5 heteroatoms. The molecule has 0 fully saturated rings. The number of carbonyl (C=O) groups is 2. The first-order chi connectivity index (χ1) is 31.6. The predicted octanol–water partition coefficient (Wildman–Crippen LogP) is 19.6. The van der Waals surface area contributed by atoms with Crippen molar-refractivity contribution in [2.75, 3.05) is 19.8 Å². The molecule has 0 radical (unpaired) electrons. The maximum absolute atomic E-state index is 12.8. The molecule has 0 spiro atoms. The van der Waals surface area contributed by atoms with Gasteiger partial charge in [0.15, 0.2) is 6.10 Å². The third kappa shape index (κ3) is 53.0. The first-order valence-corrected chi connectivity index (χ1v) is 28.9. The predicted molar refractivity (Wildman–Crippen MR) is 279 cm³/mol. The SMILES string of the molecule is CCCCCC/C=C\CCCCCCCC(=O)O[C@H](COCCCCCCCCCCCCCCCCCC)COC(=O)CCCCCCCCCCC/C=C\CCCCCCCC. The number of esters is 2. The van der Waals surface area contributed by atoms with Gasteiger partial charge in [0.05, 0.1) is 6.61 Å². The van der Waals surface area contributed by atoms with E-state index in [2.05, 4.69) is 45.1 Å². The van der Waals surface area contributed by atoms with E-state index in [1.54, 1.807) is 0 Å². The van der Waals surface area contributed by atoms with Crippen molar-refractivity contribution in [3.8, 4) is 0 Å². The molecule has 0 saturated carbocycles. The number of hydrogen-bond acceptors (Lipinski definition) is 5. The lowest BCUT2D eigenvalue weighted by Crippen LogP contribution is -2.30. The van der Waals surface area contributed by atoms with E-state index >= 15 is 0 Å². The Balaban J connectivity index is 4.20. The zero-order chi connectivity index (χ0) is 46.3. The Kier molecular flexibility index (Phi) is 54.3. The second kappa shape index (κ2) is 55.7. The van der Waals surface area contributed by atoms with Gasteiger partial charge in [-0.05, 0) is 70.6 Å². The van der Waals surface area contributed by atoms with Crippen molar-refractivity contribution in [1.29, 1.82) is 0 Å². The Hall–Kier alpha value is -1.62. The van der Waals surface area contributed by atoms with Crippen molar-refractivity contribution >= 4 is 11.9 Å². The Morgan fingerprint density at radius 2 is 0.609 bits per heavy atom. The fourth-order valence-electron chi connectivity index (χ4n) is 8.62. The van der Waals surface area contributed by atoms with Gasteiger partial charge in [-0.2, -0.15) is 0 Å². The minimum absolute atomic E-state index is 0.0879. The molecule has 378 valence electrons. The highest BCUT2D eigenvalue weighted by Crippen LogP contribution is 2.16. The first-order valence-electron chi connectivity index (χ1n) is 28.9. The van der Waals surface area contributed by atoms with Gasteiger partial charge in [0.2, 0.25) is 0 Å². The van der Waals surface area contributed by atoms with Crippen molar-refractivity contribution in [2.45, 2.75) is 322 Å².